The van der Waals surface area contributed by atoms with E-state index in [1.54, 1.807) is 19.2 Å². The Kier molecular flexibility index (Phi) is 10.0. The zero-order valence-electron chi connectivity index (χ0n) is 15.3. The van der Waals surface area contributed by atoms with Crippen LogP contribution in [0.3, 0.4) is 0 Å². The largest absolute Gasteiger partial charge is 0.356 e. The molecule has 1 aromatic rings. The molecule has 142 valence electrons. The van der Waals surface area contributed by atoms with Gasteiger partial charge in [-0.1, -0.05) is 31.5 Å². The van der Waals surface area contributed by atoms with Gasteiger partial charge in [0, 0.05) is 43.3 Å². The standard InChI is InChI=1S/C18H28ClFN4.HI/c1-4-23(5-2)14-10-12-24(13-14)18(21-3)22-11-9-15-16(19)7-6-8-17(15)20;/h6-8,14H,4-5,9-13H2,1-3H3,(H,21,22);1H. The summed E-state index contributed by atoms with van der Waals surface area (Å²) in [5, 5.41) is 3.82. The van der Waals surface area contributed by atoms with Crippen LogP contribution in [-0.2, 0) is 6.42 Å². The van der Waals surface area contributed by atoms with Gasteiger partial charge in [-0.25, -0.2) is 4.39 Å². The maximum atomic E-state index is 13.8. The number of likely N-dealkylation sites (tertiary alicyclic amines) is 1. The minimum atomic E-state index is -0.248. The van der Waals surface area contributed by atoms with E-state index in [-0.39, 0.29) is 29.8 Å². The molecule has 1 aliphatic rings. The van der Waals surface area contributed by atoms with Gasteiger partial charge in [0.2, 0.25) is 0 Å². The van der Waals surface area contributed by atoms with Gasteiger partial charge in [0.25, 0.3) is 0 Å². The van der Waals surface area contributed by atoms with Crippen molar-refractivity contribution in [1.29, 1.82) is 0 Å². The minimum Gasteiger partial charge on any atom is -0.356 e. The van der Waals surface area contributed by atoms with Gasteiger partial charge in [-0.2, -0.15) is 0 Å². The summed E-state index contributed by atoms with van der Waals surface area (Å²) in [6, 6.07) is 5.39. The summed E-state index contributed by atoms with van der Waals surface area (Å²) in [6.45, 7) is 9.16. The van der Waals surface area contributed by atoms with Gasteiger partial charge in [-0.05, 0) is 38.1 Å². The van der Waals surface area contributed by atoms with Crippen molar-refractivity contribution >= 4 is 41.5 Å². The van der Waals surface area contributed by atoms with Gasteiger partial charge in [-0.3, -0.25) is 9.89 Å². The molecule has 1 fully saturated rings. The molecule has 0 saturated carbocycles. The fourth-order valence-corrected chi connectivity index (χ4v) is 3.63. The van der Waals surface area contributed by atoms with Crippen molar-refractivity contribution in [1.82, 2.24) is 15.1 Å². The quantitative estimate of drug-likeness (QED) is 0.382. The number of hydrogen-bond acceptors (Lipinski definition) is 2. The molecule has 0 bridgehead atoms. The Hall–Kier alpha value is -0.600. The summed E-state index contributed by atoms with van der Waals surface area (Å²) < 4.78 is 13.8. The Balaban J connectivity index is 0.00000312. The Labute approximate surface area is 172 Å². The lowest BCUT2D eigenvalue weighted by molar-refractivity contribution is 0.223. The fourth-order valence-electron chi connectivity index (χ4n) is 3.38. The first kappa shape index (κ1) is 22.4. The van der Waals surface area contributed by atoms with E-state index in [2.05, 4.69) is 34.0 Å². The average molecular weight is 483 g/mol. The monoisotopic (exact) mass is 482 g/mol. The van der Waals surface area contributed by atoms with Gasteiger partial charge in [0.05, 0.1) is 0 Å². The zero-order chi connectivity index (χ0) is 17.5. The lowest BCUT2D eigenvalue weighted by atomic mass is 10.1. The highest BCUT2D eigenvalue weighted by molar-refractivity contribution is 14.0. The van der Waals surface area contributed by atoms with Crippen molar-refractivity contribution in [3.8, 4) is 0 Å². The molecule has 1 atom stereocenters. The van der Waals surface area contributed by atoms with Crippen LogP contribution in [0.2, 0.25) is 5.02 Å². The van der Waals surface area contributed by atoms with Crippen molar-refractivity contribution in [2.75, 3.05) is 39.8 Å². The third-order valence-electron chi connectivity index (χ3n) is 4.72. The zero-order valence-corrected chi connectivity index (χ0v) is 18.4. The van der Waals surface area contributed by atoms with Crippen molar-refractivity contribution in [2.45, 2.75) is 32.7 Å². The van der Waals surface area contributed by atoms with Crippen molar-refractivity contribution < 1.29 is 4.39 Å². The minimum absolute atomic E-state index is 0. The Morgan fingerprint density at radius 2 is 2.12 bits per heavy atom. The average Bonchev–Trinajstić information content (AvgIpc) is 3.05. The molecule has 2 rings (SSSR count). The lowest BCUT2D eigenvalue weighted by Crippen LogP contribution is -2.43. The molecule has 1 saturated heterocycles. The number of nitrogens with one attached hydrogen (secondary N) is 1. The van der Waals surface area contributed by atoms with Crippen LogP contribution >= 0.6 is 35.6 Å². The number of benzene rings is 1. The second-order valence-corrected chi connectivity index (χ2v) is 6.44. The molecule has 1 N–H and O–H groups in total. The summed E-state index contributed by atoms with van der Waals surface area (Å²) in [5.74, 6) is 0.638. The topological polar surface area (TPSA) is 30.9 Å². The summed E-state index contributed by atoms with van der Waals surface area (Å²) in [6.07, 6.45) is 1.69. The molecule has 0 aliphatic carbocycles. The predicted octanol–water partition coefficient (Wildman–Crippen LogP) is 3.63. The number of hydrogen-bond donors (Lipinski definition) is 1. The van der Waals surface area contributed by atoms with E-state index in [0.29, 0.717) is 29.6 Å². The first-order valence-corrected chi connectivity index (χ1v) is 9.11. The van der Waals surface area contributed by atoms with Crippen LogP contribution in [0.5, 0.6) is 0 Å². The van der Waals surface area contributed by atoms with Crippen molar-refractivity contribution in [3.63, 3.8) is 0 Å². The molecular formula is C18H29ClFIN4. The van der Waals surface area contributed by atoms with E-state index in [0.717, 1.165) is 38.6 Å². The van der Waals surface area contributed by atoms with Crippen LogP contribution in [-0.4, -0.2) is 61.6 Å². The van der Waals surface area contributed by atoms with Gasteiger partial charge >= 0.3 is 0 Å². The predicted molar refractivity (Wildman–Crippen MR) is 115 cm³/mol. The lowest BCUT2D eigenvalue weighted by Gasteiger charge is -2.27. The molecule has 0 amide bonds. The first-order valence-electron chi connectivity index (χ1n) is 8.73. The molecule has 0 spiro atoms. The summed E-state index contributed by atoms with van der Waals surface area (Å²) in [4.78, 5) is 9.15. The number of halogens is 3. The van der Waals surface area contributed by atoms with Gasteiger partial charge in [0.1, 0.15) is 5.82 Å². The summed E-state index contributed by atoms with van der Waals surface area (Å²) in [7, 11) is 1.79. The van der Waals surface area contributed by atoms with E-state index in [1.807, 2.05) is 0 Å². The molecule has 0 radical (unpaired) electrons. The van der Waals surface area contributed by atoms with Crippen LogP contribution in [0.4, 0.5) is 4.39 Å². The highest BCUT2D eigenvalue weighted by Gasteiger charge is 2.27. The number of likely N-dealkylation sites (N-methyl/N-ethyl adjacent to an activating group) is 1. The van der Waals surface area contributed by atoms with Crippen LogP contribution < -0.4 is 5.32 Å². The second kappa shape index (κ2) is 11.2. The molecule has 4 nitrogen and oxygen atoms in total. The molecule has 1 aromatic carbocycles. The summed E-state index contributed by atoms with van der Waals surface area (Å²) in [5.41, 5.74) is 0.560. The maximum absolute atomic E-state index is 13.8. The van der Waals surface area contributed by atoms with Gasteiger partial charge in [0.15, 0.2) is 5.96 Å². The van der Waals surface area contributed by atoms with Crippen LogP contribution in [0.15, 0.2) is 23.2 Å². The van der Waals surface area contributed by atoms with E-state index in [4.69, 9.17) is 11.6 Å². The van der Waals surface area contributed by atoms with Crippen molar-refractivity contribution in [3.05, 3.63) is 34.6 Å². The van der Waals surface area contributed by atoms with E-state index in [1.165, 1.54) is 6.07 Å². The number of aliphatic imine (C=N–C) groups is 1. The van der Waals surface area contributed by atoms with E-state index < -0.39 is 0 Å². The normalized spacial score (nSPS) is 17.8. The smallest absolute Gasteiger partial charge is 0.193 e. The molecule has 0 aromatic heterocycles. The van der Waals surface area contributed by atoms with E-state index >= 15 is 0 Å². The third-order valence-corrected chi connectivity index (χ3v) is 5.08. The van der Waals surface area contributed by atoms with Crippen molar-refractivity contribution in [2.24, 2.45) is 4.99 Å². The first-order chi connectivity index (χ1) is 11.6. The Morgan fingerprint density at radius 1 is 1.40 bits per heavy atom. The maximum Gasteiger partial charge on any atom is 0.193 e. The second-order valence-electron chi connectivity index (χ2n) is 6.03. The number of guanidine groups is 1. The summed E-state index contributed by atoms with van der Waals surface area (Å²) >= 11 is 6.08. The van der Waals surface area contributed by atoms with Crippen LogP contribution in [0.25, 0.3) is 0 Å². The Morgan fingerprint density at radius 3 is 2.72 bits per heavy atom. The van der Waals surface area contributed by atoms with Gasteiger partial charge < -0.3 is 10.2 Å². The molecule has 1 heterocycles. The Bertz CT molecular complexity index is 546. The van der Waals surface area contributed by atoms with E-state index in [9.17, 15) is 4.39 Å². The third kappa shape index (κ3) is 5.96. The number of rotatable bonds is 6. The fraction of sp³-hybridized carbons (Fsp3) is 0.611. The van der Waals surface area contributed by atoms with Crippen LogP contribution in [0.1, 0.15) is 25.8 Å². The highest BCUT2D eigenvalue weighted by Crippen LogP contribution is 2.19. The number of nitrogens with zero attached hydrogens (tertiary/aromatic N) is 3. The molecule has 1 aliphatic heterocycles. The van der Waals surface area contributed by atoms with Gasteiger partial charge in [-0.15, -0.1) is 24.0 Å². The highest BCUT2D eigenvalue weighted by atomic mass is 127. The molecular weight excluding hydrogens is 454 g/mol. The molecule has 7 heteroatoms. The molecule has 1 unspecified atom stereocenters. The SMILES string of the molecule is CCN(CC)C1CCN(C(=NC)NCCc2c(F)cccc2Cl)C1.I. The van der Waals surface area contributed by atoms with Crippen LogP contribution in [0, 0.1) is 5.82 Å². The molecule has 25 heavy (non-hydrogen) atoms.